The Kier molecular flexibility index (Phi) is 3.55. The van der Waals surface area contributed by atoms with Gasteiger partial charge in [-0.05, 0) is 43.2 Å². The van der Waals surface area contributed by atoms with E-state index in [-0.39, 0.29) is 5.75 Å². The van der Waals surface area contributed by atoms with Crippen LogP contribution in [0, 0.1) is 0 Å². The van der Waals surface area contributed by atoms with Gasteiger partial charge in [0.15, 0.2) is 0 Å². The van der Waals surface area contributed by atoms with Crippen LogP contribution in [0.25, 0.3) is 33.2 Å². The molecule has 29 heavy (non-hydrogen) atoms. The predicted octanol–water partition coefficient (Wildman–Crippen LogP) is 2.83. The van der Waals surface area contributed by atoms with Crippen LogP contribution in [0.5, 0.6) is 5.75 Å². The molecular weight excluding hydrogens is 364 g/mol. The van der Waals surface area contributed by atoms with Crippen LogP contribution in [0.2, 0.25) is 0 Å². The fraction of sp³-hybridized carbons (Fsp3) is 0.318. The first-order valence-electron chi connectivity index (χ1n) is 10.1. The Morgan fingerprint density at radius 1 is 0.966 bits per heavy atom. The first-order chi connectivity index (χ1) is 14.1. The smallest absolute Gasteiger partial charge is 0.129 e. The molecule has 0 radical (unpaired) electrons. The number of nitrogens with one attached hydrogen (secondary N) is 1. The lowest BCUT2D eigenvalue weighted by Crippen LogP contribution is -2.51. The molecule has 7 nitrogen and oxygen atoms in total. The normalized spacial score (nSPS) is 21.3. The average Bonchev–Trinajstić information content (AvgIpc) is 3.26. The van der Waals surface area contributed by atoms with Crippen LogP contribution in [0.15, 0.2) is 42.6 Å². The van der Waals surface area contributed by atoms with E-state index in [1.165, 1.54) is 12.8 Å². The maximum Gasteiger partial charge on any atom is 0.129 e. The summed E-state index contributed by atoms with van der Waals surface area (Å²) in [6.07, 6.45) is 4.45. The number of hydrogen-bond donors (Lipinski definition) is 2. The Balaban J connectivity index is 1.37. The number of fused-ring (bicyclic) bond motifs is 4. The van der Waals surface area contributed by atoms with Crippen molar-refractivity contribution in [3.05, 3.63) is 42.6 Å². The minimum atomic E-state index is 0.184. The minimum Gasteiger partial charge on any atom is -0.507 e. The first kappa shape index (κ1) is 16.7. The van der Waals surface area contributed by atoms with E-state index in [1.54, 1.807) is 10.7 Å². The molecule has 5 heterocycles. The fourth-order valence-electron chi connectivity index (χ4n) is 4.70. The van der Waals surface area contributed by atoms with Crippen molar-refractivity contribution in [3.8, 4) is 17.0 Å². The topological polar surface area (TPSA) is 79.1 Å². The maximum absolute atomic E-state index is 10.5. The summed E-state index contributed by atoms with van der Waals surface area (Å²) in [6.45, 7) is 2.03. The summed E-state index contributed by atoms with van der Waals surface area (Å²) in [6, 6.07) is 12.8. The van der Waals surface area contributed by atoms with Crippen LogP contribution >= 0.6 is 0 Å². The molecule has 7 heteroatoms. The average molecular weight is 386 g/mol. The van der Waals surface area contributed by atoms with Gasteiger partial charge in [0.25, 0.3) is 0 Å². The van der Waals surface area contributed by atoms with E-state index in [0.29, 0.717) is 17.6 Å². The number of phenolic OH excluding ortho intramolecular Hbond substituents is 1. The van der Waals surface area contributed by atoms with Crippen LogP contribution in [0.4, 0.5) is 5.82 Å². The molecule has 0 spiro atoms. The molecule has 2 fully saturated rings. The van der Waals surface area contributed by atoms with Gasteiger partial charge in [-0.15, -0.1) is 0 Å². The van der Waals surface area contributed by atoms with Crippen LogP contribution in [0.1, 0.15) is 12.8 Å². The Bertz CT molecular complexity index is 1240. The third-order valence-corrected chi connectivity index (χ3v) is 6.08. The fourth-order valence-corrected chi connectivity index (χ4v) is 4.70. The number of rotatable bonds is 2. The molecule has 2 aliphatic rings. The van der Waals surface area contributed by atoms with E-state index < -0.39 is 0 Å². The van der Waals surface area contributed by atoms with E-state index in [2.05, 4.69) is 21.4 Å². The molecule has 3 aromatic heterocycles. The summed E-state index contributed by atoms with van der Waals surface area (Å²) in [7, 11) is 1.87. The van der Waals surface area contributed by atoms with Crippen LogP contribution in [0.3, 0.4) is 0 Å². The molecule has 0 unspecified atom stereocenters. The van der Waals surface area contributed by atoms with Crippen LogP contribution in [-0.2, 0) is 7.05 Å². The van der Waals surface area contributed by atoms with E-state index in [1.807, 2.05) is 37.5 Å². The Morgan fingerprint density at radius 3 is 2.55 bits per heavy atom. The number of aryl methyl sites for hydroxylation is 1. The molecule has 2 N–H and O–H groups in total. The quantitative estimate of drug-likeness (QED) is 0.552. The monoisotopic (exact) mass is 386 g/mol. The zero-order valence-electron chi connectivity index (χ0n) is 16.2. The van der Waals surface area contributed by atoms with Gasteiger partial charge in [0.05, 0.1) is 22.2 Å². The van der Waals surface area contributed by atoms with E-state index >= 15 is 0 Å². The molecule has 146 valence electrons. The van der Waals surface area contributed by atoms with Crippen molar-refractivity contribution < 1.29 is 5.11 Å². The predicted molar refractivity (Wildman–Crippen MR) is 113 cm³/mol. The number of piperazine rings is 1. The first-order valence-corrected chi connectivity index (χ1v) is 10.1. The summed E-state index contributed by atoms with van der Waals surface area (Å²) in [5.74, 6) is 1.20. The molecule has 4 aromatic rings. The van der Waals surface area contributed by atoms with Gasteiger partial charge < -0.3 is 15.3 Å². The lowest BCUT2D eigenvalue weighted by atomic mass is 10.1. The number of pyridine rings is 2. The molecule has 2 atom stereocenters. The second kappa shape index (κ2) is 6.15. The highest BCUT2D eigenvalue weighted by molar-refractivity contribution is 5.88. The lowest BCUT2D eigenvalue weighted by Gasteiger charge is -2.33. The zero-order valence-corrected chi connectivity index (χ0v) is 16.2. The van der Waals surface area contributed by atoms with Crippen molar-refractivity contribution in [2.24, 2.45) is 7.05 Å². The lowest BCUT2D eigenvalue weighted by molar-refractivity contribution is 0.464. The molecule has 6 rings (SSSR count). The summed E-state index contributed by atoms with van der Waals surface area (Å²) < 4.78 is 1.75. The zero-order chi connectivity index (χ0) is 19.5. The maximum atomic E-state index is 10.5. The molecule has 2 bridgehead atoms. The summed E-state index contributed by atoms with van der Waals surface area (Å²) in [4.78, 5) is 12.0. The number of phenols is 1. The Morgan fingerprint density at radius 2 is 1.72 bits per heavy atom. The number of hydrogen-bond acceptors (Lipinski definition) is 6. The van der Waals surface area contributed by atoms with Crippen LogP contribution < -0.4 is 10.2 Å². The molecule has 0 saturated carbocycles. The minimum absolute atomic E-state index is 0.184. The summed E-state index contributed by atoms with van der Waals surface area (Å²) in [5.41, 5.74) is 3.91. The van der Waals surface area contributed by atoms with Crippen molar-refractivity contribution in [2.45, 2.75) is 24.9 Å². The Hall–Kier alpha value is -3.19. The van der Waals surface area contributed by atoms with Gasteiger partial charge in [-0.25, -0.2) is 9.97 Å². The molecule has 0 aliphatic carbocycles. The molecule has 1 aromatic carbocycles. The van der Waals surface area contributed by atoms with Gasteiger partial charge in [-0.1, -0.05) is 0 Å². The number of nitrogens with zero attached hydrogens (tertiary/aromatic N) is 5. The standard InChI is InChI=1S/C22H22N6O/c1-27-10-13-8-16(21(29)9-20(13)26-27)17-4-5-19-18(24-17)6-7-22(25-19)28-11-14-2-3-15(12-28)23-14/h4-10,14-15,23,29H,2-3,11-12H2,1H3/t14-,15+. The van der Waals surface area contributed by atoms with Crippen molar-refractivity contribution in [3.63, 3.8) is 0 Å². The molecule has 2 aliphatic heterocycles. The van der Waals surface area contributed by atoms with Gasteiger partial charge in [0, 0.05) is 55.4 Å². The van der Waals surface area contributed by atoms with Gasteiger partial charge in [-0.3, -0.25) is 4.68 Å². The van der Waals surface area contributed by atoms with E-state index in [4.69, 9.17) is 9.97 Å². The highest BCUT2D eigenvalue weighted by Gasteiger charge is 2.32. The molecule has 0 amide bonds. The second-order valence-electron chi connectivity index (χ2n) is 8.18. The van der Waals surface area contributed by atoms with Crippen molar-refractivity contribution in [2.75, 3.05) is 18.0 Å². The van der Waals surface area contributed by atoms with E-state index in [9.17, 15) is 5.11 Å². The van der Waals surface area contributed by atoms with E-state index in [0.717, 1.165) is 46.5 Å². The van der Waals surface area contributed by atoms with Crippen molar-refractivity contribution in [1.82, 2.24) is 25.1 Å². The number of benzene rings is 1. The second-order valence-corrected chi connectivity index (χ2v) is 8.18. The third kappa shape index (κ3) is 2.81. The van der Waals surface area contributed by atoms with Crippen molar-refractivity contribution >= 4 is 27.8 Å². The third-order valence-electron chi connectivity index (χ3n) is 6.08. The Labute approximate surface area is 168 Å². The summed E-state index contributed by atoms with van der Waals surface area (Å²) >= 11 is 0. The SMILES string of the molecule is Cn1cc2cc(-c3ccc4nc(N5C[C@H]6CC[C@@H](C5)N6)ccc4n3)c(O)cc2n1. The highest BCUT2D eigenvalue weighted by Crippen LogP contribution is 2.33. The summed E-state index contributed by atoms with van der Waals surface area (Å²) in [5, 5.41) is 19.5. The number of aromatic nitrogens is 4. The van der Waals surface area contributed by atoms with Gasteiger partial charge in [-0.2, -0.15) is 5.10 Å². The molecular formula is C22H22N6O. The number of aromatic hydroxyl groups is 1. The van der Waals surface area contributed by atoms with Crippen LogP contribution in [-0.4, -0.2) is 50.0 Å². The highest BCUT2D eigenvalue weighted by atomic mass is 16.3. The largest absolute Gasteiger partial charge is 0.507 e. The van der Waals surface area contributed by atoms with Gasteiger partial charge in [0.2, 0.25) is 0 Å². The van der Waals surface area contributed by atoms with Crippen molar-refractivity contribution in [1.29, 1.82) is 0 Å². The number of anilines is 1. The van der Waals surface area contributed by atoms with Gasteiger partial charge in [0.1, 0.15) is 11.6 Å². The van der Waals surface area contributed by atoms with Gasteiger partial charge >= 0.3 is 0 Å². The molecule has 2 saturated heterocycles.